The van der Waals surface area contributed by atoms with Crippen molar-refractivity contribution in [3.63, 3.8) is 0 Å². The molecule has 0 bridgehead atoms. The van der Waals surface area contributed by atoms with Gasteiger partial charge >= 0.3 is 0 Å². The minimum Gasteiger partial charge on any atom is -0.0648 e. The van der Waals surface area contributed by atoms with Gasteiger partial charge in [-0.05, 0) is 60.3 Å². The Morgan fingerprint density at radius 2 is 1.88 bits per heavy atom. The van der Waals surface area contributed by atoms with Crippen LogP contribution in [-0.4, -0.2) is 0 Å². The minimum absolute atomic E-state index is 0.543. The van der Waals surface area contributed by atoms with Crippen molar-refractivity contribution < 1.29 is 0 Å². The van der Waals surface area contributed by atoms with Crippen LogP contribution in [0.1, 0.15) is 55.9 Å². The van der Waals surface area contributed by atoms with Crippen LogP contribution in [0.2, 0.25) is 0 Å². The topological polar surface area (TPSA) is 0 Å². The zero-order valence-corrected chi connectivity index (χ0v) is 11.1. The van der Waals surface area contributed by atoms with Crippen molar-refractivity contribution in [1.29, 1.82) is 0 Å². The van der Waals surface area contributed by atoms with E-state index in [-0.39, 0.29) is 0 Å². The lowest BCUT2D eigenvalue weighted by Gasteiger charge is -2.25. The number of rotatable bonds is 2. The highest BCUT2D eigenvalue weighted by Gasteiger charge is 2.36. The summed E-state index contributed by atoms with van der Waals surface area (Å²) in [5, 5.41) is 0. The molecule has 0 aromatic heterocycles. The average Bonchev–Trinajstić information content (AvgIpc) is 2.88. The molecule has 17 heavy (non-hydrogen) atoms. The molecule has 3 rings (SSSR count). The van der Waals surface area contributed by atoms with Crippen molar-refractivity contribution in [2.45, 2.75) is 46.5 Å². The third-order valence-corrected chi connectivity index (χ3v) is 4.86. The fourth-order valence-electron chi connectivity index (χ4n) is 3.50. The van der Waals surface area contributed by atoms with Gasteiger partial charge in [-0.3, -0.25) is 0 Å². The zero-order valence-electron chi connectivity index (χ0n) is 11.1. The van der Waals surface area contributed by atoms with Crippen molar-refractivity contribution in [2.24, 2.45) is 5.41 Å². The van der Waals surface area contributed by atoms with Crippen LogP contribution in [0.4, 0.5) is 0 Å². The Morgan fingerprint density at radius 1 is 1.12 bits per heavy atom. The lowest BCUT2D eigenvalue weighted by molar-refractivity contribution is 0.280. The molecule has 0 atom stereocenters. The van der Waals surface area contributed by atoms with Crippen LogP contribution >= 0.6 is 0 Å². The van der Waals surface area contributed by atoms with E-state index in [4.69, 9.17) is 0 Å². The maximum absolute atomic E-state index is 2.37. The quantitative estimate of drug-likeness (QED) is 0.692. The standard InChI is InChI=1S/C17H21/c1-4-17(5-2)10-14-7-6-13-8-12(3)9-15(13)16(14)11-17/h6-9H,4-5,10-11H2,1-3H3. The molecule has 0 amide bonds. The number of fused-ring (bicyclic) bond motifs is 3. The summed E-state index contributed by atoms with van der Waals surface area (Å²) < 4.78 is 0. The largest absolute Gasteiger partial charge is 0.0648 e. The molecular formula is C17H21. The molecule has 0 saturated carbocycles. The van der Waals surface area contributed by atoms with Crippen LogP contribution in [-0.2, 0) is 12.8 Å². The summed E-state index contributed by atoms with van der Waals surface area (Å²) in [5.74, 6) is 0. The third-order valence-electron chi connectivity index (χ3n) is 4.86. The number of hydrogen-bond acceptors (Lipinski definition) is 0. The van der Waals surface area contributed by atoms with E-state index < -0.39 is 0 Å². The molecule has 2 aliphatic carbocycles. The van der Waals surface area contributed by atoms with Gasteiger partial charge in [-0.1, -0.05) is 37.6 Å². The van der Waals surface area contributed by atoms with E-state index in [2.05, 4.69) is 45.4 Å². The third kappa shape index (κ3) is 1.57. The Labute approximate surface area is 105 Å². The van der Waals surface area contributed by atoms with Gasteiger partial charge in [-0.15, -0.1) is 0 Å². The van der Waals surface area contributed by atoms with E-state index in [9.17, 15) is 0 Å². The van der Waals surface area contributed by atoms with Gasteiger partial charge in [-0.2, -0.15) is 0 Å². The summed E-state index contributed by atoms with van der Waals surface area (Å²) in [6, 6.07) is 4.67. The summed E-state index contributed by atoms with van der Waals surface area (Å²) in [5.41, 5.74) is 8.14. The van der Waals surface area contributed by atoms with Gasteiger partial charge in [0, 0.05) is 6.42 Å². The molecule has 0 N–H and O–H groups in total. The predicted molar refractivity (Wildman–Crippen MR) is 73.9 cm³/mol. The summed E-state index contributed by atoms with van der Waals surface area (Å²) in [7, 11) is 0. The number of allylic oxidation sites excluding steroid dienone is 1. The highest BCUT2D eigenvalue weighted by atomic mass is 14.4. The lowest BCUT2D eigenvalue weighted by Crippen LogP contribution is -2.18. The first kappa shape index (κ1) is 11.1. The first-order valence-electron chi connectivity index (χ1n) is 6.85. The minimum atomic E-state index is 0.543. The molecule has 0 unspecified atom stereocenters. The zero-order chi connectivity index (χ0) is 12.0. The maximum atomic E-state index is 2.37. The molecule has 0 saturated heterocycles. The molecule has 0 heteroatoms. The van der Waals surface area contributed by atoms with Gasteiger partial charge in [0.25, 0.3) is 0 Å². The Bertz CT molecular complexity index is 487. The molecule has 2 aliphatic rings. The van der Waals surface area contributed by atoms with E-state index in [1.54, 1.807) is 11.1 Å². The van der Waals surface area contributed by atoms with Gasteiger partial charge in [0.05, 0.1) is 0 Å². The molecule has 89 valence electrons. The van der Waals surface area contributed by atoms with Crippen molar-refractivity contribution in [3.8, 4) is 0 Å². The van der Waals surface area contributed by atoms with Crippen LogP contribution in [0.15, 0.2) is 17.7 Å². The van der Waals surface area contributed by atoms with Crippen LogP contribution in [0.3, 0.4) is 0 Å². The molecule has 1 aromatic carbocycles. The molecule has 0 spiro atoms. The Kier molecular flexibility index (Phi) is 2.43. The van der Waals surface area contributed by atoms with Gasteiger partial charge in [0.2, 0.25) is 0 Å². The van der Waals surface area contributed by atoms with Crippen molar-refractivity contribution >= 4 is 6.08 Å². The second-order valence-corrected chi connectivity index (χ2v) is 5.80. The van der Waals surface area contributed by atoms with E-state index in [0.717, 1.165) is 0 Å². The lowest BCUT2D eigenvalue weighted by atomic mass is 9.79. The SMILES string of the molecule is CCC1(CC)Cc2ccc3c(c2C1)C=C(C)[CH]3. The van der Waals surface area contributed by atoms with Crippen LogP contribution < -0.4 is 0 Å². The summed E-state index contributed by atoms with van der Waals surface area (Å²) in [6.07, 6.45) is 9.87. The normalized spacial score (nSPS) is 20.1. The van der Waals surface area contributed by atoms with E-state index in [0.29, 0.717) is 5.41 Å². The second kappa shape index (κ2) is 3.73. The molecular weight excluding hydrogens is 204 g/mol. The van der Waals surface area contributed by atoms with Crippen molar-refractivity contribution in [1.82, 2.24) is 0 Å². The first-order chi connectivity index (χ1) is 8.17. The van der Waals surface area contributed by atoms with E-state index in [1.165, 1.54) is 42.4 Å². The number of hydrogen-bond donors (Lipinski definition) is 0. The van der Waals surface area contributed by atoms with Crippen molar-refractivity contribution in [2.75, 3.05) is 0 Å². The van der Waals surface area contributed by atoms with Gasteiger partial charge in [0.1, 0.15) is 0 Å². The van der Waals surface area contributed by atoms with Gasteiger partial charge in [0.15, 0.2) is 0 Å². The monoisotopic (exact) mass is 225 g/mol. The van der Waals surface area contributed by atoms with Gasteiger partial charge < -0.3 is 0 Å². The van der Waals surface area contributed by atoms with Gasteiger partial charge in [-0.25, -0.2) is 0 Å². The smallest absolute Gasteiger partial charge is 0.0161 e. The predicted octanol–water partition coefficient (Wildman–Crippen LogP) is 4.56. The highest BCUT2D eigenvalue weighted by molar-refractivity contribution is 5.73. The molecule has 0 aliphatic heterocycles. The molecule has 0 nitrogen and oxygen atoms in total. The highest BCUT2D eigenvalue weighted by Crippen LogP contribution is 2.45. The summed E-state index contributed by atoms with van der Waals surface area (Å²) in [4.78, 5) is 0. The van der Waals surface area contributed by atoms with E-state index >= 15 is 0 Å². The fraction of sp³-hybridized carbons (Fsp3) is 0.471. The summed E-state index contributed by atoms with van der Waals surface area (Å²) >= 11 is 0. The number of benzene rings is 1. The van der Waals surface area contributed by atoms with Crippen LogP contribution in [0.5, 0.6) is 0 Å². The molecule has 0 fully saturated rings. The van der Waals surface area contributed by atoms with Crippen molar-refractivity contribution in [3.05, 3.63) is 46.4 Å². The average molecular weight is 225 g/mol. The Hall–Kier alpha value is -1.04. The fourth-order valence-corrected chi connectivity index (χ4v) is 3.50. The molecule has 1 aromatic rings. The Morgan fingerprint density at radius 3 is 2.59 bits per heavy atom. The van der Waals surface area contributed by atoms with Crippen LogP contribution in [0.25, 0.3) is 6.08 Å². The maximum Gasteiger partial charge on any atom is 0.0161 e. The molecule has 1 radical (unpaired) electrons. The first-order valence-corrected chi connectivity index (χ1v) is 6.85. The van der Waals surface area contributed by atoms with E-state index in [1.807, 2.05) is 0 Å². The summed E-state index contributed by atoms with van der Waals surface area (Å²) in [6.45, 7) is 6.90. The molecule has 0 heterocycles. The second-order valence-electron chi connectivity index (χ2n) is 5.80. The van der Waals surface area contributed by atoms with Crippen LogP contribution in [0, 0.1) is 11.8 Å². The Balaban J connectivity index is 2.07.